The predicted octanol–water partition coefficient (Wildman–Crippen LogP) is 5.00. The predicted molar refractivity (Wildman–Crippen MR) is 119 cm³/mol. The molecule has 0 spiro atoms. The number of nitrogens with zero attached hydrogens (tertiary/aromatic N) is 4. The highest BCUT2D eigenvalue weighted by Crippen LogP contribution is 2.39. The second kappa shape index (κ2) is 8.69. The van der Waals surface area contributed by atoms with Crippen LogP contribution in [0.3, 0.4) is 0 Å². The maximum atomic E-state index is 6.32. The molecule has 6 nitrogen and oxygen atoms in total. The number of para-hydroxylation sites is 1. The summed E-state index contributed by atoms with van der Waals surface area (Å²) in [4.78, 5) is 6.76. The van der Waals surface area contributed by atoms with Crippen molar-refractivity contribution in [3.8, 4) is 17.1 Å². The third-order valence-corrected chi connectivity index (χ3v) is 5.70. The number of hydrogen-bond acceptors (Lipinski definition) is 7. The van der Waals surface area contributed by atoms with Crippen molar-refractivity contribution in [1.29, 1.82) is 0 Å². The molecule has 1 aliphatic heterocycles. The van der Waals surface area contributed by atoms with E-state index in [1.165, 1.54) is 0 Å². The Labute approximate surface area is 175 Å². The van der Waals surface area contributed by atoms with Gasteiger partial charge in [0.2, 0.25) is 11.0 Å². The molecule has 0 amide bonds. The maximum Gasteiger partial charge on any atom is 0.247 e. The van der Waals surface area contributed by atoms with E-state index in [1.807, 2.05) is 38.4 Å². The van der Waals surface area contributed by atoms with Crippen LogP contribution in [0.15, 0.2) is 53.7 Å². The fourth-order valence-electron chi connectivity index (χ4n) is 3.11. The van der Waals surface area contributed by atoms with Crippen molar-refractivity contribution in [2.45, 2.75) is 31.1 Å². The largest absolute Gasteiger partial charge is 0.448 e. The van der Waals surface area contributed by atoms with Gasteiger partial charge in [0, 0.05) is 42.3 Å². The average molecular weight is 408 g/mol. The molecule has 1 aromatic heterocycles. The number of anilines is 2. The summed E-state index contributed by atoms with van der Waals surface area (Å²) in [6.45, 7) is 2.18. The van der Waals surface area contributed by atoms with Crippen LogP contribution < -0.4 is 15.0 Å². The molecule has 0 fully saturated rings. The van der Waals surface area contributed by atoms with Crippen molar-refractivity contribution in [2.75, 3.05) is 30.1 Å². The Kier molecular flexibility index (Phi) is 5.85. The molecule has 1 atom stereocenters. The number of benzene rings is 2. The molecule has 0 radical (unpaired) electrons. The Morgan fingerprint density at radius 3 is 2.62 bits per heavy atom. The van der Waals surface area contributed by atoms with Crippen LogP contribution in [0.2, 0.25) is 0 Å². The van der Waals surface area contributed by atoms with Crippen molar-refractivity contribution < 1.29 is 4.74 Å². The number of rotatable bonds is 6. The van der Waals surface area contributed by atoms with Gasteiger partial charge in [-0.25, -0.2) is 0 Å². The van der Waals surface area contributed by atoms with Crippen molar-refractivity contribution >= 4 is 23.1 Å². The number of nitrogens with one attached hydrogen (secondary N) is 1. The molecule has 1 N–H and O–H groups in total. The first-order valence-corrected chi connectivity index (χ1v) is 10.8. The van der Waals surface area contributed by atoms with Crippen LogP contribution in [0, 0.1) is 0 Å². The Morgan fingerprint density at radius 2 is 1.86 bits per heavy atom. The van der Waals surface area contributed by atoms with Crippen LogP contribution in [-0.2, 0) is 0 Å². The summed E-state index contributed by atoms with van der Waals surface area (Å²) in [6.07, 6.45) is 1.90. The monoisotopic (exact) mass is 407 g/mol. The first-order chi connectivity index (χ1) is 14.2. The quantitative estimate of drug-likeness (QED) is 0.456. The molecule has 2 heterocycles. The zero-order chi connectivity index (χ0) is 20.2. The van der Waals surface area contributed by atoms with Gasteiger partial charge in [-0.05, 0) is 24.6 Å². The highest BCUT2D eigenvalue weighted by molar-refractivity contribution is 7.99. The Balaban J connectivity index is 1.70. The number of unbranched alkanes of at least 4 members (excludes halogenated alkanes) is 1. The zero-order valence-corrected chi connectivity index (χ0v) is 17.7. The summed E-state index contributed by atoms with van der Waals surface area (Å²) in [7, 11) is 4.06. The van der Waals surface area contributed by atoms with Gasteiger partial charge in [0.15, 0.2) is 11.9 Å². The molecule has 4 rings (SSSR count). The van der Waals surface area contributed by atoms with Gasteiger partial charge >= 0.3 is 0 Å². The highest BCUT2D eigenvalue weighted by atomic mass is 32.2. The van der Waals surface area contributed by atoms with Gasteiger partial charge in [-0.15, -0.1) is 10.2 Å². The van der Waals surface area contributed by atoms with Gasteiger partial charge < -0.3 is 15.0 Å². The van der Waals surface area contributed by atoms with Crippen LogP contribution in [0.25, 0.3) is 11.3 Å². The number of thioether (sulfide) groups is 1. The van der Waals surface area contributed by atoms with Crippen molar-refractivity contribution in [2.24, 2.45) is 0 Å². The summed E-state index contributed by atoms with van der Waals surface area (Å²) < 4.78 is 6.32. The molecule has 1 aliphatic rings. The lowest BCUT2D eigenvalue weighted by Gasteiger charge is -2.20. The Morgan fingerprint density at radius 1 is 1.07 bits per heavy atom. The third-order valence-electron chi connectivity index (χ3n) is 4.77. The van der Waals surface area contributed by atoms with Gasteiger partial charge in [-0.3, -0.25) is 0 Å². The summed E-state index contributed by atoms with van der Waals surface area (Å²) in [6, 6.07) is 16.4. The number of aromatic nitrogens is 3. The van der Waals surface area contributed by atoms with Crippen molar-refractivity contribution in [3.05, 3.63) is 54.1 Å². The van der Waals surface area contributed by atoms with E-state index < -0.39 is 0 Å². The van der Waals surface area contributed by atoms with Gasteiger partial charge in [0.1, 0.15) is 0 Å². The highest BCUT2D eigenvalue weighted by Gasteiger charge is 2.26. The second-order valence-corrected chi connectivity index (χ2v) is 8.19. The first-order valence-electron chi connectivity index (χ1n) is 9.83. The normalized spacial score (nSPS) is 14.8. The number of hydrogen-bond donors (Lipinski definition) is 1. The van der Waals surface area contributed by atoms with Gasteiger partial charge in [-0.2, -0.15) is 4.98 Å². The summed E-state index contributed by atoms with van der Waals surface area (Å²) in [5.41, 5.74) is 4.73. The molecule has 150 valence electrons. The van der Waals surface area contributed by atoms with E-state index in [4.69, 9.17) is 4.74 Å². The smallest absolute Gasteiger partial charge is 0.247 e. The molecule has 2 aromatic carbocycles. The Bertz CT molecular complexity index is 977. The van der Waals surface area contributed by atoms with Crippen LogP contribution in [-0.4, -0.2) is 35.0 Å². The lowest BCUT2D eigenvalue weighted by Crippen LogP contribution is -2.17. The summed E-state index contributed by atoms with van der Waals surface area (Å²) in [5, 5.41) is 12.9. The minimum atomic E-state index is -0.362. The molecule has 0 bridgehead atoms. The SMILES string of the molecule is CCCCSc1nnc2c(n1)O[C@@H](c1ccc(N(C)C)cc1)Nc1ccccc1-2. The molecule has 7 heteroatoms. The molecule has 0 aliphatic carbocycles. The molecular weight excluding hydrogens is 382 g/mol. The summed E-state index contributed by atoms with van der Waals surface area (Å²) >= 11 is 1.62. The second-order valence-electron chi connectivity index (χ2n) is 7.12. The molecule has 0 unspecified atom stereocenters. The van der Waals surface area contributed by atoms with Crippen LogP contribution in [0.5, 0.6) is 5.88 Å². The van der Waals surface area contributed by atoms with Crippen LogP contribution in [0.1, 0.15) is 31.6 Å². The van der Waals surface area contributed by atoms with Crippen molar-refractivity contribution in [1.82, 2.24) is 15.2 Å². The Hall–Kier alpha value is -2.80. The lowest BCUT2D eigenvalue weighted by molar-refractivity contribution is 0.225. The standard InChI is InChI=1S/C22H25N5OS/c1-4-5-14-29-22-24-21-19(25-26-22)17-8-6-7-9-18(17)23-20(28-21)15-10-12-16(13-11-15)27(2)3/h6-13,20,23H,4-5,14H2,1-3H3/t20-/m0/s1. The van der Waals surface area contributed by atoms with E-state index in [0.717, 1.165) is 41.1 Å². The third kappa shape index (κ3) is 4.29. The van der Waals surface area contributed by atoms with E-state index in [1.54, 1.807) is 11.8 Å². The van der Waals surface area contributed by atoms with Crippen molar-refractivity contribution in [3.63, 3.8) is 0 Å². The average Bonchev–Trinajstić information content (AvgIpc) is 2.90. The van der Waals surface area contributed by atoms with E-state index >= 15 is 0 Å². The number of fused-ring (bicyclic) bond motifs is 3. The topological polar surface area (TPSA) is 63.2 Å². The fourth-order valence-corrected chi connectivity index (χ4v) is 3.98. The molecular formula is C22H25N5OS. The van der Waals surface area contributed by atoms with Gasteiger partial charge in [0.05, 0.1) is 0 Å². The molecule has 29 heavy (non-hydrogen) atoms. The molecule has 0 saturated carbocycles. The van der Waals surface area contributed by atoms with Crippen LogP contribution in [0.4, 0.5) is 11.4 Å². The first kappa shape index (κ1) is 19.5. The van der Waals surface area contributed by atoms with Gasteiger partial charge in [-0.1, -0.05) is 55.4 Å². The summed E-state index contributed by atoms with van der Waals surface area (Å²) in [5.74, 6) is 1.49. The van der Waals surface area contributed by atoms with E-state index in [0.29, 0.717) is 16.7 Å². The maximum absolute atomic E-state index is 6.32. The fraction of sp³-hybridized carbons (Fsp3) is 0.318. The zero-order valence-electron chi connectivity index (χ0n) is 16.9. The lowest BCUT2D eigenvalue weighted by atomic mass is 10.1. The molecule has 0 saturated heterocycles. The van der Waals surface area contributed by atoms with Gasteiger partial charge in [0.25, 0.3) is 0 Å². The van der Waals surface area contributed by atoms with E-state index in [2.05, 4.69) is 56.6 Å². The van der Waals surface area contributed by atoms with E-state index in [-0.39, 0.29) is 6.23 Å². The minimum absolute atomic E-state index is 0.362. The number of ether oxygens (including phenoxy) is 1. The van der Waals surface area contributed by atoms with E-state index in [9.17, 15) is 0 Å². The van der Waals surface area contributed by atoms with Crippen LogP contribution >= 0.6 is 11.8 Å². The minimum Gasteiger partial charge on any atom is -0.448 e. The molecule has 3 aromatic rings.